The fourth-order valence-corrected chi connectivity index (χ4v) is 3.51. The van der Waals surface area contributed by atoms with E-state index in [9.17, 15) is 9.59 Å². The van der Waals surface area contributed by atoms with Crippen LogP contribution in [0.4, 0.5) is 5.69 Å². The predicted octanol–water partition coefficient (Wildman–Crippen LogP) is 3.32. The van der Waals surface area contributed by atoms with Gasteiger partial charge in [-0.2, -0.15) is 0 Å². The van der Waals surface area contributed by atoms with E-state index < -0.39 is 11.8 Å². The second-order valence-corrected chi connectivity index (χ2v) is 7.30. The molecule has 1 aliphatic carbocycles. The first-order chi connectivity index (χ1) is 14.1. The van der Waals surface area contributed by atoms with E-state index in [2.05, 4.69) is 15.6 Å². The second kappa shape index (κ2) is 8.31. The minimum atomic E-state index is -0.669. The van der Waals surface area contributed by atoms with E-state index in [1.54, 1.807) is 31.5 Å². The van der Waals surface area contributed by atoms with Crippen molar-refractivity contribution >= 4 is 28.4 Å². The quantitative estimate of drug-likeness (QED) is 0.634. The molecule has 0 unspecified atom stereocenters. The number of aromatic nitrogens is 1. The van der Waals surface area contributed by atoms with Gasteiger partial charge < -0.3 is 15.4 Å². The molecule has 2 aromatic carbocycles. The van der Waals surface area contributed by atoms with Crippen LogP contribution in [0.5, 0.6) is 5.75 Å². The highest BCUT2D eigenvalue weighted by atomic mass is 16.5. The van der Waals surface area contributed by atoms with Crippen LogP contribution in [0, 0.1) is 5.92 Å². The lowest BCUT2D eigenvalue weighted by Gasteiger charge is -2.18. The van der Waals surface area contributed by atoms with Gasteiger partial charge in [-0.25, -0.2) is 0 Å². The summed E-state index contributed by atoms with van der Waals surface area (Å²) in [5, 5.41) is 6.44. The molecule has 1 fully saturated rings. The topological polar surface area (TPSA) is 80.3 Å². The first-order valence-electron chi connectivity index (χ1n) is 9.72. The molecule has 148 valence electrons. The number of amides is 2. The number of benzene rings is 2. The largest absolute Gasteiger partial charge is 0.497 e. The molecular weight excluding hydrogens is 366 g/mol. The number of nitrogens with one attached hydrogen (secondary N) is 2. The number of ether oxygens (including phenoxy) is 1. The lowest BCUT2D eigenvalue weighted by Crippen LogP contribution is -2.44. The molecule has 0 aliphatic heterocycles. The van der Waals surface area contributed by atoms with Gasteiger partial charge in [-0.15, -0.1) is 0 Å². The van der Waals surface area contributed by atoms with Gasteiger partial charge in [-0.05, 0) is 67.1 Å². The number of carbonyl (C=O) groups is 2. The van der Waals surface area contributed by atoms with Crippen molar-refractivity contribution in [1.29, 1.82) is 0 Å². The maximum atomic E-state index is 12.6. The van der Waals surface area contributed by atoms with E-state index in [1.807, 2.05) is 36.4 Å². The van der Waals surface area contributed by atoms with Crippen LogP contribution in [0.25, 0.3) is 10.9 Å². The highest BCUT2D eigenvalue weighted by molar-refractivity contribution is 6.40. The number of nitrogens with zero attached hydrogens (tertiary/aromatic N) is 1. The van der Waals surface area contributed by atoms with Crippen molar-refractivity contribution in [2.75, 3.05) is 12.4 Å². The fraction of sp³-hybridized carbons (Fsp3) is 0.261. The number of hydrogen-bond acceptors (Lipinski definition) is 4. The van der Waals surface area contributed by atoms with Crippen molar-refractivity contribution in [2.24, 2.45) is 5.92 Å². The van der Waals surface area contributed by atoms with Crippen LogP contribution in [0.3, 0.4) is 0 Å². The van der Waals surface area contributed by atoms with E-state index in [4.69, 9.17) is 4.74 Å². The van der Waals surface area contributed by atoms with E-state index in [1.165, 1.54) is 0 Å². The Morgan fingerprint density at radius 2 is 1.93 bits per heavy atom. The highest BCUT2D eigenvalue weighted by Gasteiger charge is 2.33. The number of anilines is 1. The number of pyridine rings is 1. The third-order valence-electron chi connectivity index (χ3n) is 5.20. The van der Waals surface area contributed by atoms with Crippen LogP contribution in [0.2, 0.25) is 0 Å². The van der Waals surface area contributed by atoms with Crippen molar-refractivity contribution in [2.45, 2.75) is 25.3 Å². The zero-order chi connectivity index (χ0) is 20.2. The number of hydrogen-bond donors (Lipinski definition) is 2. The normalized spacial score (nSPS) is 14.2. The second-order valence-electron chi connectivity index (χ2n) is 7.30. The minimum Gasteiger partial charge on any atom is -0.497 e. The Labute approximate surface area is 169 Å². The van der Waals surface area contributed by atoms with E-state index in [0.717, 1.165) is 35.1 Å². The minimum absolute atomic E-state index is 0.0745. The summed E-state index contributed by atoms with van der Waals surface area (Å²) in [6.07, 6.45) is 4.48. The first kappa shape index (κ1) is 18.9. The third-order valence-corrected chi connectivity index (χ3v) is 5.20. The lowest BCUT2D eigenvalue weighted by molar-refractivity contribution is -0.136. The number of methoxy groups -OCH3 is 1. The molecule has 2 amide bonds. The van der Waals surface area contributed by atoms with Crippen LogP contribution in [0.1, 0.15) is 18.4 Å². The van der Waals surface area contributed by atoms with Gasteiger partial charge in [0.25, 0.3) is 0 Å². The van der Waals surface area contributed by atoms with E-state index >= 15 is 0 Å². The van der Waals surface area contributed by atoms with Gasteiger partial charge in [-0.1, -0.05) is 18.2 Å². The van der Waals surface area contributed by atoms with Gasteiger partial charge in [0.05, 0.1) is 18.3 Å². The summed E-state index contributed by atoms with van der Waals surface area (Å²) < 4.78 is 5.28. The van der Waals surface area contributed by atoms with Crippen molar-refractivity contribution in [3.05, 3.63) is 66.4 Å². The number of carbonyl (C=O) groups excluding carboxylic acids is 2. The summed E-state index contributed by atoms with van der Waals surface area (Å²) in [7, 11) is 1.63. The molecule has 3 aromatic rings. The highest BCUT2D eigenvalue weighted by Crippen LogP contribution is 2.34. The standard InChI is InChI=1S/C23H23N3O3/c1-29-17-6-2-5-15(13-17)14-21(16-10-11-16)26-23(28)22(27)25-20-9-3-8-19-18(20)7-4-12-24-19/h2-9,12-13,16,21H,10-11,14H2,1H3,(H,25,27)(H,26,28)/t21-/m0/s1. The molecule has 0 saturated heterocycles. The van der Waals surface area contributed by atoms with Gasteiger partial charge in [0.2, 0.25) is 0 Å². The molecule has 1 saturated carbocycles. The summed E-state index contributed by atoms with van der Waals surface area (Å²) in [6, 6.07) is 16.8. The Bertz CT molecular complexity index is 1040. The zero-order valence-electron chi connectivity index (χ0n) is 16.2. The van der Waals surface area contributed by atoms with Gasteiger partial charge in [0, 0.05) is 17.6 Å². The molecule has 6 heteroatoms. The van der Waals surface area contributed by atoms with Crippen LogP contribution in [-0.4, -0.2) is 29.9 Å². The summed E-state index contributed by atoms with van der Waals surface area (Å²) in [4.78, 5) is 29.4. The van der Waals surface area contributed by atoms with Crippen molar-refractivity contribution in [3.63, 3.8) is 0 Å². The monoisotopic (exact) mass is 389 g/mol. The molecule has 4 rings (SSSR count). The molecule has 0 bridgehead atoms. The van der Waals surface area contributed by atoms with Gasteiger partial charge in [0.15, 0.2) is 0 Å². The Balaban J connectivity index is 1.44. The summed E-state index contributed by atoms with van der Waals surface area (Å²) in [5.74, 6) is -0.103. The van der Waals surface area contributed by atoms with Gasteiger partial charge in [0.1, 0.15) is 5.75 Å². The molecule has 0 radical (unpaired) electrons. The SMILES string of the molecule is COc1cccc(C[C@H](NC(=O)C(=O)Nc2cccc3ncccc23)C2CC2)c1. The molecule has 29 heavy (non-hydrogen) atoms. The molecular formula is C23H23N3O3. The Hall–Kier alpha value is -3.41. The third kappa shape index (κ3) is 4.54. The van der Waals surface area contributed by atoms with E-state index in [0.29, 0.717) is 18.0 Å². The Morgan fingerprint density at radius 3 is 2.72 bits per heavy atom. The van der Waals surface area contributed by atoms with Crippen molar-refractivity contribution in [3.8, 4) is 5.75 Å². The lowest BCUT2D eigenvalue weighted by atomic mass is 10.0. The Kier molecular flexibility index (Phi) is 5.42. The summed E-state index contributed by atoms with van der Waals surface area (Å²) in [5.41, 5.74) is 2.41. The average Bonchev–Trinajstić information content (AvgIpc) is 3.59. The molecule has 2 N–H and O–H groups in total. The van der Waals surface area contributed by atoms with Gasteiger partial charge in [-0.3, -0.25) is 14.6 Å². The predicted molar refractivity (Wildman–Crippen MR) is 112 cm³/mol. The van der Waals surface area contributed by atoms with Crippen LogP contribution in [-0.2, 0) is 16.0 Å². The molecule has 1 aliphatic rings. The van der Waals surface area contributed by atoms with Crippen LogP contribution >= 0.6 is 0 Å². The van der Waals surface area contributed by atoms with Crippen molar-refractivity contribution in [1.82, 2.24) is 10.3 Å². The number of rotatable bonds is 6. The van der Waals surface area contributed by atoms with Crippen LogP contribution < -0.4 is 15.4 Å². The zero-order valence-corrected chi connectivity index (χ0v) is 16.2. The Morgan fingerprint density at radius 1 is 1.10 bits per heavy atom. The smallest absolute Gasteiger partial charge is 0.313 e. The molecule has 1 heterocycles. The maximum Gasteiger partial charge on any atom is 0.313 e. The maximum absolute atomic E-state index is 12.6. The molecule has 1 aromatic heterocycles. The first-order valence-corrected chi connectivity index (χ1v) is 9.72. The fourth-order valence-electron chi connectivity index (χ4n) is 3.51. The molecule has 6 nitrogen and oxygen atoms in total. The molecule has 1 atom stereocenters. The van der Waals surface area contributed by atoms with Gasteiger partial charge >= 0.3 is 11.8 Å². The van der Waals surface area contributed by atoms with Crippen molar-refractivity contribution < 1.29 is 14.3 Å². The number of fused-ring (bicyclic) bond motifs is 1. The summed E-state index contributed by atoms with van der Waals surface area (Å²) in [6.45, 7) is 0. The molecule has 0 spiro atoms. The van der Waals surface area contributed by atoms with Crippen LogP contribution in [0.15, 0.2) is 60.8 Å². The van der Waals surface area contributed by atoms with E-state index in [-0.39, 0.29) is 6.04 Å². The summed E-state index contributed by atoms with van der Waals surface area (Å²) >= 11 is 0. The average molecular weight is 389 g/mol.